The van der Waals surface area contributed by atoms with Crippen molar-refractivity contribution in [2.45, 2.75) is 13.3 Å². The molecule has 0 aliphatic carbocycles. The molecule has 2 rings (SSSR count). The van der Waals surface area contributed by atoms with Crippen molar-refractivity contribution in [3.8, 4) is 10.7 Å². The van der Waals surface area contributed by atoms with E-state index in [4.69, 9.17) is 9.26 Å². The molecule has 0 spiro atoms. The molecular weight excluding hydrogens is 230 g/mol. The molecule has 0 atom stereocenters. The second kappa shape index (κ2) is 4.84. The highest BCUT2D eigenvalue weighted by molar-refractivity contribution is 7.13. The molecule has 84 valence electrons. The van der Waals surface area contributed by atoms with Gasteiger partial charge in [-0.25, -0.2) is 0 Å². The standard InChI is InChI=1S/C9H9N3O3S/c1-2-14-8(13)3-7-11-9(12-15-7)6-4-10-5-16-6/h4-5H,2-3H2,1H3. The minimum atomic E-state index is -0.373. The van der Waals surface area contributed by atoms with Crippen LogP contribution in [0, 0.1) is 0 Å². The highest BCUT2D eigenvalue weighted by Gasteiger charge is 2.13. The molecule has 0 unspecified atom stereocenters. The molecule has 16 heavy (non-hydrogen) atoms. The SMILES string of the molecule is CCOC(=O)Cc1nc(-c2cncs2)no1. The summed E-state index contributed by atoms with van der Waals surface area (Å²) in [4.78, 5) is 19.9. The number of esters is 1. The first-order valence-electron chi connectivity index (χ1n) is 4.66. The van der Waals surface area contributed by atoms with Gasteiger partial charge in [0.05, 0.1) is 17.0 Å². The van der Waals surface area contributed by atoms with E-state index in [9.17, 15) is 4.79 Å². The Morgan fingerprint density at radius 1 is 1.62 bits per heavy atom. The van der Waals surface area contributed by atoms with E-state index in [1.807, 2.05) is 0 Å². The predicted octanol–water partition coefficient (Wildman–Crippen LogP) is 1.30. The van der Waals surface area contributed by atoms with Gasteiger partial charge in [-0.3, -0.25) is 9.78 Å². The zero-order valence-electron chi connectivity index (χ0n) is 8.54. The molecular formula is C9H9N3O3S. The third-order valence-corrected chi connectivity index (χ3v) is 2.49. The van der Waals surface area contributed by atoms with Crippen LogP contribution < -0.4 is 0 Å². The lowest BCUT2D eigenvalue weighted by Crippen LogP contribution is -2.07. The second-order valence-corrected chi connectivity index (χ2v) is 3.75. The summed E-state index contributed by atoms with van der Waals surface area (Å²) in [7, 11) is 0. The first-order chi connectivity index (χ1) is 7.79. The Labute approximate surface area is 95.3 Å². The zero-order chi connectivity index (χ0) is 11.4. The number of carbonyl (C=O) groups excluding carboxylic acids is 1. The molecule has 7 heteroatoms. The molecule has 0 radical (unpaired) electrons. The average Bonchev–Trinajstić information content (AvgIpc) is 2.86. The van der Waals surface area contributed by atoms with Crippen LogP contribution in [-0.4, -0.2) is 27.7 Å². The fraction of sp³-hybridized carbons (Fsp3) is 0.333. The van der Waals surface area contributed by atoms with Crippen molar-refractivity contribution in [3.63, 3.8) is 0 Å². The Hall–Kier alpha value is -1.76. The van der Waals surface area contributed by atoms with Gasteiger partial charge < -0.3 is 9.26 Å². The van der Waals surface area contributed by atoms with Crippen molar-refractivity contribution < 1.29 is 14.1 Å². The van der Waals surface area contributed by atoms with E-state index in [-0.39, 0.29) is 18.3 Å². The lowest BCUT2D eigenvalue weighted by atomic mass is 10.4. The summed E-state index contributed by atoms with van der Waals surface area (Å²) in [5.74, 6) is 0.325. The summed E-state index contributed by atoms with van der Waals surface area (Å²) in [6.45, 7) is 2.09. The number of nitrogens with zero attached hydrogens (tertiary/aromatic N) is 3. The van der Waals surface area contributed by atoms with Gasteiger partial charge in [-0.05, 0) is 6.92 Å². The van der Waals surface area contributed by atoms with Crippen molar-refractivity contribution >= 4 is 17.3 Å². The number of carbonyl (C=O) groups is 1. The van der Waals surface area contributed by atoms with Crippen molar-refractivity contribution in [2.75, 3.05) is 6.61 Å². The largest absolute Gasteiger partial charge is 0.466 e. The third-order valence-electron chi connectivity index (χ3n) is 1.72. The number of ether oxygens (including phenoxy) is 1. The van der Waals surface area contributed by atoms with Gasteiger partial charge in [0.2, 0.25) is 11.7 Å². The van der Waals surface area contributed by atoms with Crippen LogP contribution in [0.25, 0.3) is 10.7 Å². The van der Waals surface area contributed by atoms with Gasteiger partial charge in [0.25, 0.3) is 0 Å². The van der Waals surface area contributed by atoms with Gasteiger partial charge in [0.15, 0.2) is 0 Å². The van der Waals surface area contributed by atoms with Crippen LogP contribution in [0.1, 0.15) is 12.8 Å². The summed E-state index contributed by atoms with van der Waals surface area (Å²) in [6.07, 6.45) is 1.64. The van der Waals surface area contributed by atoms with Crippen molar-refractivity contribution in [2.24, 2.45) is 0 Å². The number of thiazole rings is 1. The molecule has 0 aliphatic rings. The Kier molecular flexibility index (Phi) is 3.25. The molecule has 0 amide bonds. The molecule has 0 saturated heterocycles. The van der Waals surface area contributed by atoms with Gasteiger partial charge >= 0.3 is 5.97 Å². The Balaban J connectivity index is 2.06. The van der Waals surface area contributed by atoms with E-state index in [0.717, 1.165) is 4.88 Å². The zero-order valence-corrected chi connectivity index (χ0v) is 9.36. The lowest BCUT2D eigenvalue weighted by Gasteiger charge is -1.96. The summed E-state index contributed by atoms with van der Waals surface area (Å²) in [6, 6.07) is 0. The second-order valence-electron chi connectivity index (χ2n) is 2.86. The number of hydrogen-bond acceptors (Lipinski definition) is 7. The van der Waals surface area contributed by atoms with Gasteiger partial charge in [-0.2, -0.15) is 4.98 Å². The summed E-state index contributed by atoms with van der Waals surface area (Å²) < 4.78 is 9.69. The van der Waals surface area contributed by atoms with Crippen LogP contribution in [0.2, 0.25) is 0 Å². The first kappa shape index (κ1) is 10.7. The molecule has 0 bridgehead atoms. The third kappa shape index (κ3) is 2.43. The van der Waals surface area contributed by atoms with Gasteiger partial charge in [-0.1, -0.05) is 5.16 Å². The van der Waals surface area contributed by atoms with Crippen LogP contribution in [0.5, 0.6) is 0 Å². The lowest BCUT2D eigenvalue weighted by molar-refractivity contribution is -0.142. The van der Waals surface area contributed by atoms with Crippen LogP contribution >= 0.6 is 11.3 Å². The maximum atomic E-state index is 11.1. The molecule has 2 heterocycles. The van der Waals surface area contributed by atoms with E-state index < -0.39 is 0 Å². The smallest absolute Gasteiger partial charge is 0.315 e. The maximum absolute atomic E-state index is 11.1. The predicted molar refractivity (Wildman–Crippen MR) is 55.7 cm³/mol. The van der Waals surface area contributed by atoms with Gasteiger partial charge in [0, 0.05) is 6.20 Å². The van der Waals surface area contributed by atoms with Crippen molar-refractivity contribution in [1.82, 2.24) is 15.1 Å². The quantitative estimate of drug-likeness (QED) is 0.748. The normalized spacial score (nSPS) is 10.3. The topological polar surface area (TPSA) is 78.1 Å². The Bertz CT molecular complexity index is 466. The fourth-order valence-electron chi connectivity index (χ4n) is 1.09. The average molecular weight is 239 g/mol. The summed E-state index contributed by atoms with van der Waals surface area (Å²) in [5, 5.41) is 3.75. The first-order valence-corrected chi connectivity index (χ1v) is 5.54. The molecule has 0 aromatic carbocycles. The number of hydrogen-bond donors (Lipinski definition) is 0. The van der Waals surface area contributed by atoms with E-state index in [1.54, 1.807) is 18.6 Å². The van der Waals surface area contributed by atoms with Crippen LogP contribution in [0.15, 0.2) is 16.2 Å². The summed E-state index contributed by atoms with van der Waals surface area (Å²) in [5.41, 5.74) is 1.68. The molecule has 0 aliphatic heterocycles. The molecule has 2 aromatic rings. The minimum absolute atomic E-state index is 0.000353. The molecule has 0 N–H and O–H groups in total. The van der Waals surface area contributed by atoms with E-state index in [0.29, 0.717) is 12.4 Å². The minimum Gasteiger partial charge on any atom is -0.466 e. The van der Waals surface area contributed by atoms with Crippen LogP contribution in [-0.2, 0) is 16.0 Å². The van der Waals surface area contributed by atoms with E-state index in [1.165, 1.54) is 11.3 Å². The van der Waals surface area contributed by atoms with Crippen LogP contribution in [0.3, 0.4) is 0 Å². The van der Waals surface area contributed by atoms with Crippen molar-refractivity contribution in [1.29, 1.82) is 0 Å². The summed E-state index contributed by atoms with van der Waals surface area (Å²) >= 11 is 1.41. The molecule has 2 aromatic heterocycles. The number of aromatic nitrogens is 3. The highest BCUT2D eigenvalue weighted by atomic mass is 32.1. The van der Waals surface area contributed by atoms with E-state index >= 15 is 0 Å². The molecule has 0 saturated carbocycles. The number of rotatable bonds is 4. The highest BCUT2D eigenvalue weighted by Crippen LogP contribution is 2.19. The molecule has 0 fully saturated rings. The van der Waals surface area contributed by atoms with Crippen molar-refractivity contribution in [3.05, 3.63) is 17.6 Å². The Morgan fingerprint density at radius 2 is 2.50 bits per heavy atom. The fourth-order valence-corrected chi connectivity index (χ4v) is 1.63. The van der Waals surface area contributed by atoms with Crippen LogP contribution in [0.4, 0.5) is 0 Å². The van der Waals surface area contributed by atoms with E-state index in [2.05, 4.69) is 15.1 Å². The van der Waals surface area contributed by atoms with Gasteiger partial charge in [-0.15, -0.1) is 11.3 Å². The monoisotopic (exact) mass is 239 g/mol. The Morgan fingerprint density at radius 3 is 3.19 bits per heavy atom. The molecule has 6 nitrogen and oxygen atoms in total. The maximum Gasteiger partial charge on any atom is 0.315 e. The van der Waals surface area contributed by atoms with Gasteiger partial charge in [0.1, 0.15) is 6.42 Å².